The van der Waals surface area contributed by atoms with Crippen LogP contribution in [-0.2, 0) is 19.1 Å². The van der Waals surface area contributed by atoms with E-state index in [1.165, 1.54) is 12.1 Å². The molecule has 132 valence electrons. The molecule has 1 heterocycles. The molecule has 2 N–H and O–H groups in total. The molecule has 7 heteroatoms. The lowest BCUT2D eigenvalue weighted by Gasteiger charge is -2.09. The number of rotatable bonds is 3. The molecule has 0 radical (unpaired) electrons. The van der Waals surface area contributed by atoms with E-state index in [-0.39, 0.29) is 18.2 Å². The van der Waals surface area contributed by atoms with Crippen molar-refractivity contribution in [3.63, 3.8) is 0 Å². The minimum Gasteiger partial charge on any atom is -0.354 e. The van der Waals surface area contributed by atoms with E-state index in [1.54, 1.807) is 6.92 Å². The van der Waals surface area contributed by atoms with E-state index in [2.05, 4.69) is 10.3 Å². The van der Waals surface area contributed by atoms with Crippen LogP contribution in [-0.4, -0.2) is 16.7 Å². The predicted octanol–water partition coefficient (Wildman–Crippen LogP) is 3.79. The number of amides is 1. The summed E-state index contributed by atoms with van der Waals surface area (Å²) in [5.74, 6) is -0.337. The maximum atomic E-state index is 12.5. The lowest BCUT2D eigenvalue weighted by Crippen LogP contribution is -2.24. The summed E-state index contributed by atoms with van der Waals surface area (Å²) in [6, 6.07) is 4.63. The number of alkyl halides is 3. The fraction of sp³-hybridized carbons (Fsp3) is 0.333. The molecule has 1 aliphatic rings. The van der Waals surface area contributed by atoms with E-state index < -0.39 is 11.7 Å². The molecule has 0 unspecified atom stereocenters. The highest BCUT2D eigenvalue weighted by Crippen LogP contribution is 2.29. The van der Waals surface area contributed by atoms with E-state index in [0.717, 1.165) is 30.7 Å². The summed E-state index contributed by atoms with van der Waals surface area (Å²) in [5, 5.41) is 2.68. The van der Waals surface area contributed by atoms with Gasteiger partial charge in [0.25, 0.3) is 5.91 Å². The van der Waals surface area contributed by atoms with Gasteiger partial charge in [-0.15, -0.1) is 0 Å². The first-order chi connectivity index (χ1) is 11.8. The highest BCUT2D eigenvalue weighted by Gasteiger charge is 2.30. The number of ketones is 1. The fourth-order valence-electron chi connectivity index (χ4n) is 3.08. The average molecular weight is 350 g/mol. The van der Waals surface area contributed by atoms with Crippen LogP contribution in [0.5, 0.6) is 0 Å². The molecule has 1 amide bonds. The average Bonchev–Trinajstić information content (AvgIpc) is 2.90. The number of aromatic amines is 1. The number of H-pyrrole nitrogens is 1. The van der Waals surface area contributed by atoms with Crippen molar-refractivity contribution >= 4 is 11.7 Å². The van der Waals surface area contributed by atoms with E-state index in [4.69, 9.17) is 0 Å². The molecule has 4 nitrogen and oxygen atoms in total. The third-order valence-corrected chi connectivity index (χ3v) is 4.40. The molecule has 1 aromatic carbocycles. The normalized spacial score (nSPS) is 14.3. The second-order valence-corrected chi connectivity index (χ2v) is 6.13. The van der Waals surface area contributed by atoms with Gasteiger partial charge in [0, 0.05) is 24.2 Å². The number of Topliss-reactive ketones (excluding diaryl/α,β-unsaturated/α-hetero) is 1. The van der Waals surface area contributed by atoms with Gasteiger partial charge in [-0.2, -0.15) is 13.2 Å². The number of carbonyl (C=O) groups excluding carboxylic acids is 2. The van der Waals surface area contributed by atoms with Crippen LogP contribution in [0.3, 0.4) is 0 Å². The lowest BCUT2D eigenvalue weighted by atomic mass is 9.94. The summed E-state index contributed by atoms with van der Waals surface area (Å²) in [6.07, 6.45) is -2.40. The number of benzene rings is 1. The van der Waals surface area contributed by atoms with Crippen LogP contribution in [0.1, 0.15) is 56.1 Å². The Morgan fingerprint density at radius 3 is 2.48 bits per heavy atom. The zero-order chi connectivity index (χ0) is 18.2. The molecular weight excluding hydrogens is 333 g/mol. The third-order valence-electron chi connectivity index (χ3n) is 4.40. The number of aryl methyl sites for hydroxylation is 1. The molecule has 0 atom stereocenters. The van der Waals surface area contributed by atoms with Crippen LogP contribution >= 0.6 is 0 Å². The zero-order valence-corrected chi connectivity index (χ0v) is 13.6. The van der Waals surface area contributed by atoms with Gasteiger partial charge >= 0.3 is 6.18 Å². The Balaban J connectivity index is 1.70. The SMILES string of the molecule is Cc1c(C(=O)NCc2ccc(C(F)(F)F)cc2)[nH]c2c1C(=O)CCC2. The van der Waals surface area contributed by atoms with Crippen molar-refractivity contribution in [1.29, 1.82) is 0 Å². The molecule has 0 bridgehead atoms. The molecular formula is C18H17F3N2O2. The predicted molar refractivity (Wildman–Crippen MR) is 85.4 cm³/mol. The number of carbonyl (C=O) groups is 2. The van der Waals surface area contributed by atoms with Crippen molar-refractivity contribution in [3.05, 3.63) is 57.9 Å². The van der Waals surface area contributed by atoms with Gasteiger partial charge in [-0.25, -0.2) is 0 Å². The first-order valence-electron chi connectivity index (χ1n) is 7.96. The molecule has 1 aromatic heterocycles. The highest BCUT2D eigenvalue weighted by atomic mass is 19.4. The zero-order valence-electron chi connectivity index (χ0n) is 13.6. The van der Waals surface area contributed by atoms with Gasteiger partial charge in [-0.3, -0.25) is 9.59 Å². The van der Waals surface area contributed by atoms with Crippen LogP contribution in [0.25, 0.3) is 0 Å². The van der Waals surface area contributed by atoms with Gasteiger partial charge in [0.1, 0.15) is 5.69 Å². The van der Waals surface area contributed by atoms with Crippen LogP contribution in [0.4, 0.5) is 13.2 Å². The van der Waals surface area contributed by atoms with Crippen molar-refractivity contribution in [2.24, 2.45) is 0 Å². The first kappa shape index (κ1) is 17.3. The number of nitrogens with one attached hydrogen (secondary N) is 2. The Hall–Kier alpha value is -2.57. The van der Waals surface area contributed by atoms with Crippen LogP contribution in [0.15, 0.2) is 24.3 Å². The molecule has 0 fully saturated rings. The number of aromatic nitrogens is 1. The van der Waals surface area contributed by atoms with Crippen LogP contribution in [0, 0.1) is 6.92 Å². The van der Waals surface area contributed by atoms with Crippen molar-refractivity contribution < 1.29 is 22.8 Å². The quantitative estimate of drug-likeness (QED) is 0.885. The number of fused-ring (bicyclic) bond motifs is 1. The van der Waals surface area contributed by atoms with E-state index in [9.17, 15) is 22.8 Å². The second kappa shape index (κ2) is 6.38. The smallest absolute Gasteiger partial charge is 0.354 e. The van der Waals surface area contributed by atoms with E-state index in [1.807, 2.05) is 0 Å². The monoisotopic (exact) mass is 350 g/mol. The molecule has 0 saturated carbocycles. The summed E-state index contributed by atoms with van der Waals surface area (Å²) in [7, 11) is 0. The van der Waals surface area contributed by atoms with Gasteiger partial charge in [-0.05, 0) is 43.0 Å². The minimum absolute atomic E-state index is 0.0387. The van der Waals surface area contributed by atoms with E-state index in [0.29, 0.717) is 28.8 Å². The van der Waals surface area contributed by atoms with Gasteiger partial charge in [0.05, 0.1) is 5.56 Å². The molecule has 0 saturated heterocycles. The van der Waals surface area contributed by atoms with Gasteiger partial charge in [0.15, 0.2) is 5.78 Å². The lowest BCUT2D eigenvalue weighted by molar-refractivity contribution is -0.137. The number of hydrogen-bond donors (Lipinski definition) is 2. The number of halogens is 3. The molecule has 3 rings (SSSR count). The molecule has 0 aliphatic heterocycles. The number of hydrogen-bond acceptors (Lipinski definition) is 2. The summed E-state index contributed by atoms with van der Waals surface area (Å²) in [4.78, 5) is 27.4. The molecule has 0 spiro atoms. The third kappa shape index (κ3) is 3.45. The second-order valence-electron chi connectivity index (χ2n) is 6.13. The minimum atomic E-state index is -4.38. The Bertz CT molecular complexity index is 820. The maximum absolute atomic E-state index is 12.5. The molecule has 25 heavy (non-hydrogen) atoms. The Labute approximate surface area is 142 Å². The van der Waals surface area contributed by atoms with Crippen molar-refractivity contribution in [1.82, 2.24) is 10.3 Å². The van der Waals surface area contributed by atoms with Gasteiger partial charge in [0.2, 0.25) is 0 Å². The largest absolute Gasteiger partial charge is 0.416 e. The standard InChI is InChI=1S/C18H17F3N2O2/c1-10-15-13(3-2-4-14(15)24)23-16(10)17(25)22-9-11-5-7-12(8-6-11)18(19,20)21/h5-8,23H,2-4,9H2,1H3,(H,22,25). The van der Waals surface area contributed by atoms with Crippen molar-refractivity contribution in [2.45, 2.75) is 38.9 Å². The highest BCUT2D eigenvalue weighted by molar-refractivity contribution is 6.04. The maximum Gasteiger partial charge on any atom is 0.416 e. The molecule has 1 aliphatic carbocycles. The Morgan fingerprint density at radius 1 is 1.20 bits per heavy atom. The van der Waals surface area contributed by atoms with Gasteiger partial charge < -0.3 is 10.3 Å². The van der Waals surface area contributed by atoms with Crippen molar-refractivity contribution in [3.8, 4) is 0 Å². The molecule has 2 aromatic rings. The van der Waals surface area contributed by atoms with Crippen LogP contribution in [0.2, 0.25) is 0 Å². The fourth-order valence-corrected chi connectivity index (χ4v) is 3.08. The summed E-state index contributed by atoms with van der Waals surface area (Å²) < 4.78 is 37.6. The van der Waals surface area contributed by atoms with Crippen molar-refractivity contribution in [2.75, 3.05) is 0 Å². The summed E-state index contributed by atoms with van der Waals surface area (Å²) in [5.41, 5.74) is 2.19. The first-order valence-corrected chi connectivity index (χ1v) is 7.96. The summed E-state index contributed by atoms with van der Waals surface area (Å²) in [6.45, 7) is 1.83. The topological polar surface area (TPSA) is 62.0 Å². The Morgan fingerprint density at radius 2 is 1.88 bits per heavy atom. The Kier molecular flexibility index (Phi) is 4.41. The van der Waals surface area contributed by atoms with Gasteiger partial charge in [-0.1, -0.05) is 12.1 Å². The van der Waals surface area contributed by atoms with Crippen LogP contribution < -0.4 is 5.32 Å². The van der Waals surface area contributed by atoms with E-state index >= 15 is 0 Å². The summed E-state index contributed by atoms with van der Waals surface area (Å²) >= 11 is 0.